The van der Waals surface area contributed by atoms with E-state index < -0.39 is 29.1 Å². The molecule has 0 aromatic carbocycles. The summed E-state index contributed by atoms with van der Waals surface area (Å²) in [6.07, 6.45) is -0.869. The topological polar surface area (TPSA) is 87.7 Å². The lowest BCUT2D eigenvalue weighted by Crippen LogP contribution is -2.52. The van der Waals surface area contributed by atoms with E-state index in [9.17, 15) is 14.4 Å². The number of carbonyl (C=O) groups excluding carboxylic acids is 3. The van der Waals surface area contributed by atoms with Crippen molar-refractivity contribution in [2.75, 3.05) is 0 Å². The smallest absolute Gasteiger partial charge is 0.331 e. The van der Waals surface area contributed by atoms with Crippen LogP contribution in [0.25, 0.3) is 0 Å². The quantitative estimate of drug-likeness (QED) is 0.658. The summed E-state index contributed by atoms with van der Waals surface area (Å²) in [5.74, 6) is -0.689. The fourth-order valence-corrected chi connectivity index (χ4v) is 1.03. The molecule has 2 N–H and O–H groups in total. The number of hydrogen-bond donors (Lipinski definition) is 2. The van der Waals surface area contributed by atoms with Gasteiger partial charge >= 0.3 is 12.1 Å². The van der Waals surface area contributed by atoms with Crippen molar-refractivity contribution in [1.29, 1.82) is 0 Å². The molecular weight excluding hydrogens is 250 g/mol. The molecular formula is C12H23N3O4. The first-order chi connectivity index (χ1) is 8.32. The van der Waals surface area contributed by atoms with Crippen LogP contribution < -0.4 is 10.6 Å². The highest BCUT2D eigenvalue weighted by Crippen LogP contribution is 2.04. The van der Waals surface area contributed by atoms with Crippen LogP contribution in [0.3, 0.4) is 0 Å². The third-order valence-electron chi connectivity index (χ3n) is 1.60. The zero-order valence-corrected chi connectivity index (χ0v) is 12.6. The first-order valence-electron chi connectivity index (χ1n) is 5.95. The van der Waals surface area contributed by atoms with Crippen molar-refractivity contribution in [3.8, 4) is 0 Å². The number of nitrogens with one attached hydrogen (secondary N) is 2. The standard InChI is InChI=1S/C12H23N3O4/c1-8(16)15(9(17)13-11(2,3)4)19-10(18)14-12(5,6)7/h1-7H3,(H,13,17)(H,14,18). The van der Waals surface area contributed by atoms with Crippen LogP contribution in [0.15, 0.2) is 0 Å². The summed E-state index contributed by atoms with van der Waals surface area (Å²) in [6, 6.07) is -0.788. The van der Waals surface area contributed by atoms with E-state index >= 15 is 0 Å². The lowest BCUT2D eigenvalue weighted by Gasteiger charge is -2.26. The molecule has 0 saturated heterocycles. The van der Waals surface area contributed by atoms with Crippen molar-refractivity contribution in [2.24, 2.45) is 0 Å². The Morgan fingerprint density at radius 2 is 1.32 bits per heavy atom. The number of hydroxylamine groups is 2. The van der Waals surface area contributed by atoms with E-state index in [0.29, 0.717) is 5.06 Å². The Morgan fingerprint density at radius 1 is 0.895 bits per heavy atom. The van der Waals surface area contributed by atoms with Gasteiger partial charge in [-0.3, -0.25) is 4.79 Å². The molecule has 0 spiro atoms. The van der Waals surface area contributed by atoms with Gasteiger partial charge in [-0.15, -0.1) is 0 Å². The van der Waals surface area contributed by atoms with Crippen LogP contribution in [0.2, 0.25) is 0 Å². The second-order valence-corrected chi connectivity index (χ2v) is 6.25. The predicted octanol–water partition coefficient (Wildman–Crippen LogP) is 1.78. The van der Waals surface area contributed by atoms with Crippen molar-refractivity contribution >= 4 is 18.0 Å². The van der Waals surface area contributed by atoms with Crippen LogP contribution in [0, 0.1) is 0 Å². The molecule has 0 heterocycles. The Hall–Kier alpha value is -1.79. The van der Waals surface area contributed by atoms with Gasteiger partial charge in [0.15, 0.2) is 0 Å². The minimum absolute atomic E-state index is 0.395. The second kappa shape index (κ2) is 5.90. The van der Waals surface area contributed by atoms with E-state index in [-0.39, 0.29) is 0 Å². The molecule has 4 amide bonds. The summed E-state index contributed by atoms with van der Waals surface area (Å²) in [5, 5.41) is 5.41. The van der Waals surface area contributed by atoms with Crippen LogP contribution in [-0.4, -0.2) is 34.2 Å². The third kappa shape index (κ3) is 8.01. The molecule has 7 heteroatoms. The van der Waals surface area contributed by atoms with Gasteiger partial charge in [0.2, 0.25) is 0 Å². The summed E-state index contributed by atoms with van der Waals surface area (Å²) < 4.78 is 0. The van der Waals surface area contributed by atoms with Gasteiger partial charge in [0, 0.05) is 18.0 Å². The van der Waals surface area contributed by atoms with E-state index in [2.05, 4.69) is 10.6 Å². The molecule has 0 aromatic heterocycles. The first-order valence-corrected chi connectivity index (χ1v) is 5.95. The summed E-state index contributed by atoms with van der Waals surface area (Å²) in [4.78, 5) is 39.4. The maximum absolute atomic E-state index is 11.8. The lowest BCUT2D eigenvalue weighted by atomic mass is 10.1. The minimum atomic E-state index is -0.869. The molecule has 0 aromatic rings. The normalized spacial score (nSPS) is 11.5. The van der Waals surface area contributed by atoms with E-state index in [1.54, 1.807) is 41.5 Å². The number of nitrogens with zero attached hydrogens (tertiary/aromatic N) is 1. The van der Waals surface area contributed by atoms with Gasteiger partial charge in [-0.05, 0) is 41.5 Å². The average molecular weight is 273 g/mol. The summed E-state index contributed by atoms with van der Waals surface area (Å²) >= 11 is 0. The van der Waals surface area contributed by atoms with Crippen LogP contribution >= 0.6 is 0 Å². The third-order valence-corrected chi connectivity index (χ3v) is 1.60. The van der Waals surface area contributed by atoms with Gasteiger partial charge in [-0.2, -0.15) is 0 Å². The maximum atomic E-state index is 11.8. The van der Waals surface area contributed by atoms with Gasteiger partial charge in [0.05, 0.1) is 0 Å². The second-order valence-electron chi connectivity index (χ2n) is 6.25. The van der Waals surface area contributed by atoms with Gasteiger partial charge in [0.25, 0.3) is 5.91 Å². The van der Waals surface area contributed by atoms with Gasteiger partial charge in [-0.1, -0.05) is 5.06 Å². The number of carbonyl (C=O) groups is 3. The van der Waals surface area contributed by atoms with Gasteiger partial charge in [-0.25, -0.2) is 9.59 Å². The van der Waals surface area contributed by atoms with Crippen LogP contribution in [-0.2, 0) is 9.63 Å². The summed E-state index contributed by atoms with van der Waals surface area (Å²) in [5.41, 5.74) is -1.07. The molecule has 7 nitrogen and oxygen atoms in total. The van der Waals surface area contributed by atoms with Gasteiger partial charge in [0.1, 0.15) is 0 Å². The number of hydrogen-bond acceptors (Lipinski definition) is 4. The monoisotopic (exact) mass is 273 g/mol. The van der Waals surface area contributed by atoms with Gasteiger partial charge < -0.3 is 15.5 Å². The van der Waals surface area contributed by atoms with Crippen LogP contribution in [0.1, 0.15) is 48.5 Å². The molecule has 19 heavy (non-hydrogen) atoms. The highest BCUT2D eigenvalue weighted by molar-refractivity contribution is 5.93. The Morgan fingerprint density at radius 3 is 1.63 bits per heavy atom. The zero-order valence-electron chi connectivity index (χ0n) is 12.6. The van der Waals surface area contributed by atoms with Crippen molar-refractivity contribution in [3.63, 3.8) is 0 Å². The number of rotatable bonds is 0. The zero-order chi connectivity index (χ0) is 15.4. The van der Waals surface area contributed by atoms with Crippen LogP contribution in [0.5, 0.6) is 0 Å². The van der Waals surface area contributed by atoms with E-state index in [1.165, 1.54) is 0 Å². The predicted molar refractivity (Wildman–Crippen MR) is 70.2 cm³/mol. The average Bonchev–Trinajstić information content (AvgIpc) is 2.07. The van der Waals surface area contributed by atoms with Crippen molar-refractivity contribution in [3.05, 3.63) is 0 Å². The fraction of sp³-hybridized carbons (Fsp3) is 0.750. The molecule has 0 aliphatic carbocycles. The first kappa shape index (κ1) is 17.2. The minimum Gasteiger partial charge on any atom is -0.331 e. The van der Waals surface area contributed by atoms with E-state index in [4.69, 9.17) is 4.84 Å². The summed E-state index contributed by atoms with van der Waals surface area (Å²) in [7, 11) is 0. The number of amides is 4. The molecule has 0 unspecified atom stereocenters. The molecule has 0 saturated carbocycles. The molecule has 0 rings (SSSR count). The maximum Gasteiger partial charge on any atom is 0.432 e. The molecule has 0 aliphatic rings. The Balaban J connectivity index is 4.72. The highest BCUT2D eigenvalue weighted by Gasteiger charge is 2.27. The van der Waals surface area contributed by atoms with E-state index in [0.717, 1.165) is 6.92 Å². The van der Waals surface area contributed by atoms with E-state index in [1.807, 2.05) is 0 Å². The SMILES string of the molecule is CC(=O)N(OC(=O)NC(C)(C)C)C(=O)NC(C)(C)C. The molecule has 0 bridgehead atoms. The summed E-state index contributed by atoms with van der Waals surface area (Å²) in [6.45, 7) is 11.6. The largest absolute Gasteiger partial charge is 0.432 e. The van der Waals surface area contributed by atoms with Crippen molar-refractivity contribution < 1.29 is 19.2 Å². The molecule has 110 valence electrons. The fourth-order valence-electron chi connectivity index (χ4n) is 1.03. The Kier molecular flexibility index (Phi) is 5.34. The molecule has 0 radical (unpaired) electrons. The number of urea groups is 1. The van der Waals surface area contributed by atoms with Crippen molar-refractivity contribution in [2.45, 2.75) is 59.5 Å². The van der Waals surface area contributed by atoms with Crippen molar-refractivity contribution in [1.82, 2.24) is 15.7 Å². The molecule has 0 fully saturated rings. The van der Waals surface area contributed by atoms with Crippen LogP contribution in [0.4, 0.5) is 9.59 Å². The molecule has 0 aliphatic heterocycles. The lowest BCUT2D eigenvalue weighted by molar-refractivity contribution is -0.151. The Bertz CT molecular complexity index is 366. The molecule has 0 atom stereocenters. The Labute approximate surface area is 113 Å². The highest BCUT2D eigenvalue weighted by atomic mass is 16.7. The number of imide groups is 1.